The van der Waals surface area contributed by atoms with Crippen LogP contribution < -0.4 is 4.72 Å². The molecule has 1 atom stereocenters. The van der Waals surface area contributed by atoms with E-state index in [2.05, 4.69) is 9.71 Å². The fourth-order valence-corrected chi connectivity index (χ4v) is 4.32. The number of benzene rings is 1. The molecule has 0 bridgehead atoms. The third-order valence-corrected chi connectivity index (χ3v) is 5.72. The van der Waals surface area contributed by atoms with Gasteiger partial charge in [-0.25, -0.2) is 21.9 Å². The summed E-state index contributed by atoms with van der Waals surface area (Å²) in [6.07, 6.45) is 4.53. The van der Waals surface area contributed by atoms with Crippen LogP contribution in [0.5, 0.6) is 0 Å². The van der Waals surface area contributed by atoms with Gasteiger partial charge in [-0.15, -0.1) is 0 Å². The summed E-state index contributed by atoms with van der Waals surface area (Å²) < 4.78 is 60.3. The summed E-state index contributed by atoms with van der Waals surface area (Å²) in [7, 11) is -4.16. The Kier molecular flexibility index (Phi) is 5.41. The van der Waals surface area contributed by atoms with Gasteiger partial charge in [-0.3, -0.25) is 4.98 Å². The molecule has 1 aromatic heterocycles. The van der Waals surface area contributed by atoms with Gasteiger partial charge in [-0.05, 0) is 42.5 Å². The van der Waals surface area contributed by atoms with E-state index in [1.165, 1.54) is 0 Å². The Morgan fingerprint density at radius 2 is 1.96 bits per heavy atom. The highest BCUT2D eigenvalue weighted by Crippen LogP contribution is 2.31. The predicted octanol–water partition coefficient (Wildman–Crippen LogP) is 2.81. The average molecular weight is 368 g/mol. The summed E-state index contributed by atoms with van der Waals surface area (Å²) in [6.45, 7) is 1.07. The van der Waals surface area contributed by atoms with E-state index in [0.29, 0.717) is 37.7 Å². The molecule has 1 saturated heterocycles. The lowest BCUT2D eigenvalue weighted by Gasteiger charge is -2.31. The fourth-order valence-electron chi connectivity index (χ4n) is 2.97. The molecule has 25 heavy (non-hydrogen) atoms. The zero-order valence-corrected chi connectivity index (χ0v) is 14.2. The SMILES string of the molecule is O=S(=O)(NC(c1cccnc1)C1CCOCC1)c1ccc(F)cc1F. The van der Waals surface area contributed by atoms with Gasteiger partial charge in [-0.1, -0.05) is 6.07 Å². The standard InChI is InChI=1S/C17H18F2N2O3S/c18-14-3-4-16(15(19)10-14)25(22,23)21-17(12-5-8-24-9-6-12)13-2-1-7-20-11-13/h1-4,7,10-12,17,21H,5-6,8-9H2. The van der Waals surface area contributed by atoms with Crippen LogP contribution in [0.2, 0.25) is 0 Å². The maximum Gasteiger partial charge on any atom is 0.244 e. The lowest BCUT2D eigenvalue weighted by molar-refractivity contribution is 0.0564. The van der Waals surface area contributed by atoms with Crippen molar-refractivity contribution < 1.29 is 21.9 Å². The molecule has 5 nitrogen and oxygen atoms in total. The molecule has 3 rings (SSSR count). The number of ether oxygens (including phenoxy) is 1. The van der Waals surface area contributed by atoms with E-state index in [9.17, 15) is 17.2 Å². The number of rotatable bonds is 5. The van der Waals surface area contributed by atoms with Crippen LogP contribution in [0.4, 0.5) is 8.78 Å². The number of hydrogen-bond donors (Lipinski definition) is 1. The van der Waals surface area contributed by atoms with Gasteiger partial charge in [0.25, 0.3) is 0 Å². The second kappa shape index (κ2) is 7.55. The third-order valence-electron chi connectivity index (χ3n) is 4.25. The van der Waals surface area contributed by atoms with Crippen molar-refractivity contribution in [3.05, 3.63) is 59.9 Å². The Hall–Kier alpha value is -1.90. The van der Waals surface area contributed by atoms with Gasteiger partial charge < -0.3 is 4.74 Å². The van der Waals surface area contributed by atoms with Crippen molar-refractivity contribution in [3.8, 4) is 0 Å². The minimum absolute atomic E-state index is 0.00349. The quantitative estimate of drug-likeness (QED) is 0.881. The molecular weight excluding hydrogens is 350 g/mol. The lowest BCUT2D eigenvalue weighted by atomic mass is 9.88. The molecule has 134 valence electrons. The first-order valence-electron chi connectivity index (χ1n) is 7.92. The third kappa shape index (κ3) is 4.20. The van der Waals surface area contributed by atoms with E-state index in [0.717, 1.165) is 12.1 Å². The molecule has 1 unspecified atom stereocenters. The molecule has 0 radical (unpaired) electrons. The normalized spacial score (nSPS) is 17.4. The molecule has 8 heteroatoms. The van der Waals surface area contributed by atoms with Crippen LogP contribution in [-0.4, -0.2) is 26.6 Å². The number of nitrogens with one attached hydrogen (secondary N) is 1. The van der Waals surface area contributed by atoms with E-state index < -0.39 is 32.6 Å². The molecule has 1 aliphatic rings. The minimum Gasteiger partial charge on any atom is -0.381 e. The minimum atomic E-state index is -4.16. The van der Waals surface area contributed by atoms with Crippen LogP contribution in [0.1, 0.15) is 24.4 Å². The van der Waals surface area contributed by atoms with Crippen molar-refractivity contribution in [2.45, 2.75) is 23.8 Å². The van der Waals surface area contributed by atoms with Crippen LogP contribution >= 0.6 is 0 Å². The molecule has 1 fully saturated rings. The molecule has 1 aromatic carbocycles. The Bertz CT molecular complexity index is 825. The number of aromatic nitrogens is 1. The summed E-state index contributed by atoms with van der Waals surface area (Å²) in [5.74, 6) is -1.95. The molecule has 1 aliphatic heterocycles. The number of sulfonamides is 1. The Morgan fingerprint density at radius 1 is 1.20 bits per heavy atom. The van der Waals surface area contributed by atoms with Crippen LogP contribution in [-0.2, 0) is 14.8 Å². The van der Waals surface area contributed by atoms with E-state index >= 15 is 0 Å². The van der Waals surface area contributed by atoms with Gasteiger partial charge >= 0.3 is 0 Å². The van der Waals surface area contributed by atoms with Crippen molar-refractivity contribution in [3.63, 3.8) is 0 Å². The van der Waals surface area contributed by atoms with Gasteiger partial charge in [-0.2, -0.15) is 0 Å². The number of halogens is 2. The van der Waals surface area contributed by atoms with Gasteiger partial charge in [0.05, 0.1) is 6.04 Å². The zero-order valence-electron chi connectivity index (χ0n) is 13.4. The Morgan fingerprint density at radius 3 is 2.60 bits per heavy atom. The summed E-state index contributed by atoms with van der Waals surface area (Å²) in [5.41, 5.74) is 0.695. The highest BCUT2D eigenvalue weighted by molar-refractivity contribution is 7.89. The Labute approximate surface area is 145 Å². The van der Waals surface area contributed by atoms with E-state index in [1.807, 2.05) is 0 Å². The molecule has 0 spiro atoms. The number of nitrogens with zero attached hydrogens (tertiary/aromatic N) is 1. The van der Waals surface area contributed by atoms with E-state index in [1.54, 1.807) is 24.5 Å². The van der Waals surface area contributed by atoms with Gasteiger partial charge in [0.2, 0.25) is 10.0 Å². The van der Waals surface area contributed by atoms with Gasteiger partial charge in [0.15, 0.2) is 0 Å². The molecule has 0 aliphatic carbocycles. The highest BCUT2D eigenvalue weighted by Gasteiger charge is 2.31. The summed E-state index contributed by atoms with van der Waals surface area (Å²) >= 11 is 0. The largest absolute Gasteiger partial charge is 0.381 e. The average Bonchev–Trinajstić information content (AvgIpc) is 2.61. The van der Waals surface area contributed by atoms with E-state index in [-0.39, 0.29) is 5.92 Å². The molecule has 0 amide bonds. The molecular formula is C17H18F2N2O3S. The number of hydrogen-bond acceptors (Lipinski definition) is 4. The summed E-state index contributed by atoms with van der Waals surface area (Å²) in [6, 6.07) is 5.34. The second-order valence-corrected chi connectivity index (χ2v) is 7.59. The van der Waals surface area contributed by atoms with Gasteiger partial charge in [0, 0.05) is 31.7 Å². The van der Waals surface area contributed by atoms with Crippen LogP contribution in [0.15, 0.2) is 47.6 Å². The highest BCUT2D eigenvalue weighted by atomic mass is 32.2. The monoisotopic (exact) mass is 368 g/mol. The molecule has 2 heterocycles. The first-order chi connectivity index (χ1) is 12.0. The van der Waals surface area contributed by atoms with Crippen molar-refractivity contribution in [2.24, 2.45) is 5.92 Å². The van der Waals surface area contributed by atoms with Crippen molar-refractivity contribution in [1.82, 2.24) is 9.71 Å². The van der Waals surface area contributed by atoms with Gasteiger partial charge in [0.1, 0.15) is 16.5 Å². The first-order valence-corrected chi connectivity index (χ1v) is 9.41. The Balaban J connectivity index is 1.93. The lowest BCUT2D eigenvalue weighted by Crippen LogP contribution is -2.36. The van der Waals surface area contributed by atoms with Crippen molar-refractivity contribution in [1.29, 1.82) is 0 Å². The summed E-state index contributed by atoms with van der Waals surface area (Å²) in [5, 5.41) is 0. The summed E-state index contributed by atoms with van der Waals surface area (Å²) in [4.78, 5) is 3.47. The molecule has 1 N–H and O–H groups in total. The first kappa shape index (κ1) is 17.9. The molecule has 0 saturated carbocycles. The maximum absolute atomic E-state index is 13.9. The zero-order chi connectivity index (χ0) is 17.9. The van der Waals surface area contributed by atoms with Crippen molar-refractivity contribution >= 4 is 10.0 Å². The topological polar surface area (TPSA) is 68.3 Å². The predicted molar refractivity (Wildman–Crippen MR) is 87.2 cm³/mol. The van der Waals surface area contributed by atoms with Crippen molar-refractivity contribution in [2.75, 3.05) is 13.2 Å². The number of pyridine rings is 1. The fraction of sp³-hybridized carbons (Fsp3) is 0.353. The smallest absolute Gasteiger partial charge is 0.244 e. The van der Waals surface area contributed by atoms with Crippen LogP contribution in [0.3, 0.4) is 0 Å². The molecule has 2 aromatic rings. The van der Waals surface area contributed by atoms with Crippen LogP contribution in [0, 0.1) is 17.6 Å². The maximum atomic E-state index is 13.9. The second-order valence-electron chi connectivity index (χ2n) is 5.91. The van der Waals surface area contributed by atoms with Crippen LogP contribution in [0.25, 0.3) is 0 Å². The van der Waals surface area contributed by atoms with E-state index in [4.69, 9.17) is 4.74 Å².